The van der Waals surface area contributed by atoms with Gasteiger partial charge in [-0.2, -0.15) is 0 Å². The van der Waals surface area contributed by atoms with Gasteiger partial charge in [0.15, 0.2) is 0 Å². The van der Waals surface area contributed by atoms with Gasteiger partial charge in [-0.25, -0.2) is 0 Å². The molecule has 3 saturated heterocycles. The van der Waals surface area contributed by atoms with Crippen LogP contribution in [0.15, 0.2) is 0 Å². The van der Waals surface area contributed by atoms with Crippen molar-refractivity contribution in [1.29, 1.82) is 0 Å². The number of rotatable bonds is 8. The van der Waals surface area contributed by atoms with Crippen LogP contribution in [0.2, 0.25) is 0 Å². The second-order valence-electron chi connectivity index (χ2n) is 13.1. The fourth-order valence-electron chi connectivity index (χ4n) is 8.17. The van der Waals surface area contributed by atoms with Gasteiger partial charge in [-0.1, -0.05) is 12.8 Å². The van der Waals surface area contributed by atoms with Crippen LogP contribution in [-0.4, -0.2) is 61.8 Å². The third kappa shape index (κ3) is 4.96. The van der Waals surface area contributed by atoms with E-state index in [2.05, 4.69) is 0 Å². The van der Waals surface area contributed by atoms with Crippen LogP contribution in [0.25, 0.3) is 0 Å². The molecule has 0 N–H and O–H groups in total. The zero-order chi connectivity index (χ0) is 24.3. The van der Waals surface area contributed by atoms with Crippen molar-refractivity contribution < 1.29 is 33.3 Å². The zero-order valence-corrected chi connectivity index (χ0v) is 21.4. The van der Waals surface area contributed by atoms with Crippen LogP contribution in [0.4, 0.5) is 0 Å². The molecule has 0 aromatic carbocycles. The lowest BCUT2D eigenvalue weighted by molar-refractivity contribution is -0.166. The lowest BCUT2D eigenvalue weighted by atomic mass is 9.63. The van der Waals surface area contributed by atoms with E-state index in [-0.39, 0.29) is 41.4 Å². The molecule has 0 spiro atoms. The Hall–Kier alpha value is -1.18. The molecule has 7 heteroatoms. The maximum atomic E-state index is 13.1. The third-order valence-electron chi connectivity index (χ3n) is 10.8. The topological polar surface area (TPSA) is 90.2 Å². The molecule has 200 valence electrons. The van der Waals surface area contributed by atoms with E-state index in [0.29, 0.717) is 49.5 Å². The van der Waals surface area contributed by atoms with E-state index < -0.39 is 0 Å². The summed E-state index contributed by atoms with van der Waals surface area (Å²) in [6.07, 6.45) is 16.6. The number of hydrogen-bond donors (Lipinski definition) is 0. The predicted molar refractivity (Wildman–Crippen MR) is 129 cm³/mol. The van der Waals surface area contributed by atoms with Gasteiger partial charge in [0.05, 0.1) is 48.5 Å². The molecule has 7 fully saturated rings. The van der Waals surface area contributed by atoms with E-state index in [1.807, 2.05) is 0 Å². The van der Waals surface area contributed by atoms with Crippen molar-refractivity contribution in [3.05, 3.63) is 0 Å². The molecule has 4 aliphatic carbocycles. The average Bonchev–Trinajstić information content (AvgIpc) is 3.79. The monoisotopic (exact) mass is 502 g/mol. The van der Waals surface area contributed by atoms with Gasteiger partial charge in [-0.3, -0.25) is 9.59 Å². The molecule has 0 aromatic heterocycles. The number of esters is 2. The van der Waals surface area contributed by atoms with Crippen LogP contribution in [0.1, 0.15) is 89.9 Å². The first-order valence-corrected chi connectivity index (χ1v) is 14.9. The molecule has 4 saturated carbocycles. The SMILES string of the molecule is O=C(OCC1(COC(=O)C2CCC3OC3C2)CCCCC1CC1CCC2OC2C1)C1CCC2OC2C1. The number of epoxide rings is 3. The van der Waals surface area contributed by atoms with Crippen LogP contribution in [0.3, 0.4) is 0 Å². The summed E-state index contributed by atoms with van der Waals surface area (Å²) in [5.41, 5.74) is -0.272. The molecule has 3 heterocycles. The van der Waals surface area contributed by atoms with Gasteiger partial charge in [-0.15, -0.1) is 0 Å². The second-order valence-corrected chi connectivity index (χ2v) is 13.1. The molecule has 0 aromatic rings. The molecule has 36 heavy (non-hydrogen) atoms. The molecule has 10 unspecified atom stereocenters. The number of ether oxygens (including phenoxy) is 5. The minimum atomic E-state index is -0.272. The molecule has 10 atom stereocenters. The van der Waals surface area contributed by atoms with Crippen LogP contribution in [0.5, 0.6) is 0 Å². The number of fused-ring (bicyclic) bond motifs is 3. The Balaban J connectivity index is 1.02. The second kappa shape index (κ2) is 9.53. The van der Waals surface area contributed by atoms with E-state index >= 15 is 0 Å². The lowest BCUT2D eigenvalue weighted by Gasteiger charge is -2.45. The highest BCUT2D eigenvalue weighted by molar-refractivity contribution is 5.73. The molecule has 7 rings (SSSR count). The summed E-state index contributed by atoms with van der Waals surface area (Å²) in [5, 5.41) is 0. The van der Waals surface area contributed by atoms with Crippen molar-refractivity contribution in [3.8, 4) is 0 Å². The zero-order valence-electron chi connectivity index (χ0n) is 21.4. The van der Waals surface area contributed by atoms with Gasteiger partial charge in [0, 0.05) is 5.41 Å². The summed E-state index contributed by atoms with van der Waals surface area (Å²) in [5.74, 6) is 0.826. The fraction of sp³-hybridized carbons (Fsp3) is 0.931. The van der Waals surface area contributed by atoms with E-state index in [1.165, 1.54) is 19.3 Å². The molecular formula is C29H42O7. The average molecular weight is 503 g/mol. The summed E-state index contributed by atoms with van der Waals surface area (Å²) in [6.45, 7) is 0.756. The number of carbonyl (C=O) groups is 2. The van der Waals surface area contributed by atoms with Crippen molar-refractivity contribution in [3.63, 3.8) is 0 Å². The van der Waals surface area contributed by atoms with Crippen LogP contribution in [-0.2, 0) is 33.3 Å². The van der Waals surface area contributed by atoms with E-state index in [4.69, 9.17) is 23.7 Å². The summed E-state index contributed by atoms with van der Waals surface area (Å²) in [6, 6.07) is 0. The van der Waals surface area contributed by atoms with Crippen molar-refractivity contribution in [2.45, 2.75) is 127 Å². The van der Waals surface area contributed by atoms with Crippen LogP contribution < -0.4 is 0 Å². The Labute approximate surface area is 214 Å². The first-order chi connectivity index (χ1) is 17.6. The Morgan fingerprint density at radius 1 is 0.639 bits per heavy atom. The quantitative estimate of drug-likeness (QED) is 0.360. The molecule has 0 radical (unpaired) electrons. The molecule has 7 aliphatic rings. The van der Waals surface area contributed by atoms with Gasteiger partial charge >= 0.3 is 11.9 Å². The van der Waals surface area contributed by atoms with Gasteiger partial charge in [0.25, 0.3) is 0 Å². The maximum absolute atomic E-state index is 13.1. The van der Waals surface area contributed by atoms with Crippen molar-refractivity contribution in [2.75, 3.05) is 13.2 Å². The van der Waals surface area contributed by atoms with Gasteiger partial charge in [-0.05, 0) is 88.9 Å². The van der Waals surface area contributed by atoms with Gasteiger partial charge < -0.3 is 23.7 Å². The van der Waals surface area contributed by atoms with Crippen LogP contribution in [0, 0.1) is 29.1 Å². The van der Waals surface area contributed by atoms with Gasteiger partial charge in [0.2, 0.25) is 0 Å². The fourth-order valence-corrected chi connectivity index (χ4v) is 8.17. The highest BCUT2D eigenvalue weighted by Crippen LogP contribution is 2.50. The Morgan fingerprint density at radius 3 is 1.75 bits per heavy atom. The third-order valence-corrected chi connectivity index (χ3v) is 10.8. The van der Waals surface area contributed by atoms with Crippen molar-refractivity contribution in [2.24, 2.45) is 29.1 Å². The number of hydrogen-bond acceptors (Lipinski definition) is 7. The minimum absolute atomic E-state index is 0.0496. The number of carbonyl (C=O) groups excluding carboxylic acids is 2. The summed E-state index contributed by atoms with van der Waals surface area (Å²) in [4.78, 5) is 26.2. The molecule has 0 bridgehead atoms. The highest BCUT2D eigenvalue weighted by atomic mass is 16.6. The lowest BCUT2D eigenvalue weighted by Crippen LogP contribution is -2.45. The van der Waals surface area contributed by atoms with E-state index in [1.54, 1.807) is 0 Å². The van der Waals surface area contributed by atoms with Gasteiger partial charge in [0.1, 0.15) is 13.2 Å². The molecule has 3 aliphatic heterocycles. The van der Waals surface area contributed by atoms with E-state index in [9.17, 15) is 9.59 Å². The minimum Gasteiger partial charge on any atom is -0.465 e. The first kappa shape index (κ1) is 23.9. The first-order valence-electron chi connectivity index (χ1n) is 14.9. The Bertz CT molecular complexity index is 815. The van der Waals surface area contributed by atoms with E-state index in [0.717, 1.165) is 70.6 Å². The largest absolute Gasteiger partial charge is 0.465 e. The summed E-state index contributed by atoms with van der Waals surface area (Å²) < 4.78 is 29.3. The predicted octanol–water partition coefficient (Wildman–Crippen LogP) is 4.34. The summed E-state index contributed by atoms with van der Waals surface area (Å²) in [7, 11) is 0. The Morgan fingerprint density at radius 2 is 1.19 bits per heavy atom. The smallest absolute Gasteiger partial charge is 0.309 e. The maximum Gasteiger partial charge on any atom is 0.309 e. The normalized spacial score (nSPS) is 48.6. The molecular weight excluding hydrogens is 460 g/mol. The van der Waals surface area contributed by atoms with Crippen LogP contribution >= 0.6 is 0 Å². The van der Waals surface area contributed by atoms with Crippen molar-refractivity contribution in [1.82, 2.24) is 0 Å². The Kier molecular flexibility index (Phi) is 6.33. The molecule has 7 nitrogen and oxygen atoms in total. The standard InChI is InChI=1S/C29H42O7/c30-27(18-5-8-22-25(13-18)35-22)32-15-29(16-33-28(31)19-6-9-23-26(14-19)36-23)10-2-1-3-20(29)11-17-4-7-21-24(12-17)34-21/h17-26H,1-16H2. The molecule has 0 amide bonds. The summed E-state index contributed by atoms with van der Waals surface area (Å²) >= 11 is 0. The highest BCUT2D eigenvalue weighted by Gasteiger charge is 2.50. The van der Waals surface area contributed by atoms with Crippen molar-refractivity contribution >= 4 is 11.9 Å².